The van der Waals surface area contributed by atoms with Gasteiger partial charge in [-0.25, -0.2) is 22.0 Å². The molecule has 1 aromatic heterocycles. The molecular formula is C33H30F5N3. The first-order valence-electron chi connectivity index (χ1n) is 13.5. The first kappa shape index (κ1) is 28.2. The number of aryl methyl sites for hydroxylation is 3. The van der Waals surface area contributed by atoms with Crippen LogP contribution in [0.5, 0.6) is 0 Å². The summed E-state index contributed by atoms with van der Waals surface area (Å²) in [4.78, 5) is 0. The van der Waals surface area contributed by atoms with E-state index in [2.05, 4.69) is 10.6 Å². The van der Waals surface area contributed by atoms with Crippen LogP contribution in [0.15, 0.2) is 60.7 Å². The first-order chi connectivity index (χ1) is 19.6. The number of aromatic nitrogens is 1. The fourth-order valence-electron chi connectivity index (χ4n) is 5.03. The minimum atomic E-state index is -1.17. The maximum atomic E-state index is 15.9. The van der Waals surface area contributed by atoms with Gasteiger partial charge in [0.15, 0.2) is 11.6 Å². The normalized spacial score (nSPS) is 11.3. The van der Waals surface area contributed by atoms with E-state index in [4.69, 9.17) is 0 Å². The number of rotatable bonds is 8. The molecule has 0 radical (unpaired) electrons. The smallest absolute Gasteiger partial charge is 0.183 e. The number of unbranched alkanes of at least 4 members (excludes halogenated alkanes) is 1. The molecule has 2 N–H and O–H groups in total. The molecule has 0 aliphatic rings. The second kappa shape index (κ2) is 11.3. The summed E-state index contributed by atoms with van der Waals surface area (Å²) in [7, 11) is 0. The Hall–Kier alpha value is -4.33. The molecule has 0 fully saturated rings. The van der Waals surface area contributed by atoms with Crippen LogP contribution < -0.4 is 10.6 Å². The van der Waals surface area contributed by atoms with Crippen LogP contribution in [-0.4, -0.2) is 11.1 Å². The van der Waals surface area contributed by atoms with E-state index in [1.165, 1.54) is 34.9 Å². The Morgan fingerprint density at radius 1 is 0.707 bits per heavy atom. The Morgan fingerprint density at radius 3 is 2.10 bits per heavy atom. The molecule has 0 spiro atoms. The van der Waals surface area contributed by atoms with Crippen LogP contribution in [0.3, 0.4) is 0 Å². The van der Waals surface area contributed by atoms with Crippen molar-refractivity contribution in [1.29, 1.82) is 0 Å². The van der Waals surface area contributed by atoms with Crippen LogP contribution in [0.25, 0.3) is 27.8 Å². The summed E-state index contributed by atoms with van der Waals surface area (Å²) in [6.45, 7) is 7.51. The molecule has 41 heavy (non-hydrogen) atoms. The lowest BCUT2D eigenvalue weighted by atomic mass is 10.0. The van der Waals surface area contributed by atoms with Gasteiger partial charge in [-0.3, -0.25) is 0 Å². The third kappa shape index (κ3) is 5.14. The van der Waals surface area contributed by atoms with Gasteiger partial charge < -0.3 is 15.2 Å². The van der Waals surface area contributed by atoms with Crippen molar-refractivity contribution < 1.29 is 22.0 Å². The lowest BCUT2D eigenvalue weighted by Crippen LogP contribution is -2.08. The molecule has 212 valence electrons. The predicted molar refractivity (Wildman–Crippen MR) is 156 cm³/mol. The van der Waals surface area contributed by atoms with Gasteiger partial charge in [0.1, 0.15) is 17.5 Å². The minimum absolute atomic E-state index is 0.0308. The van der Waals surface area contributed by atoms with Gasteiger partial charge in [0.05, 0.1) is 34.0 Å². The Bertz CT molecular complexity index is 1770. The van der Waals surface area contributed by atoms with Crippen molar-refractivity contribution in [2.24, 2.45) is 0 Å². The van der Waals surface area contributed by atoms with Gasteiger partial charge in [0, 0.05) is 17.5 Å². The Morgan fingerprint density at radius 2 is 1.41 bits per heavy atom. The van der Waals surface area contributed by atoms with Crippen molar-refractivity contribution in [3.63, 3.8) is 0 Å². The summed E-state index contributed by atoms with van der Waals surface area (Å²) in [5, 5.41) is 6.50. The van der Waals surface area contributed by atoms with E-state index >= 15 is 13.2 Å². The highest BCUT2D eigenvalue weighted by atomic mass is 19.2. The molecule has 5 aromatic rings. The number of nitrogens with zero attached hydrogens (tertiary/aromatic N) is 1. The highest BCUT2D eigenvalue weighted by molar-refractivity contribution is 6.05. The lowest BCUT2D eigenvalue weighted by molar-refractivity contribution is 0.514. The zero-order valence-electron chi connectivity index (χ0n) is 23.2. The van der Waals surface area contributed by atoms with Crippen molar-refractivity contribution in [2.45, 2.75) is 40.5 Å². The van der Waals surface area contributed by atoms with Gasteiger partial charge >= 0.3 is 0 Å². The minimum Gasteiger partial charge on any atom is -0.383 e. The molecule has 0 aliphatic heterocycles. The summed E-state index contributed by atoms with van der Waals surface area (Å²) in [6.07, 6.45) is 1.62. The summed E-state index contributed by atoms with van der Waals surface area (Å²) in [5.74, 6) is -4.19. The van der Waals surface area contributed by atoms with E-state index in [0.29, 0.717) is 28.7 Å². The topological polar surface area (TPSA) is 29.0 Å². The number of anilines is 3. The molecule has 0 atom stereocenters. The molecule has 8 heteroatoms. The first-order valence-corrected chi connectivity index (χ1v) is 13.5. The zero-order chi connectivity index (χ0) is 29.4. The summed E-state index contributed by atoms with van der Waals surface area (Å²) in [5.41, 5.74) is 2.11. The van der Waals surface area contributed by atoms with Crippen LogP contribution in [0, 0.1) is 49.9 Å². The van der Waals surface area contributed by atoms with Crippen molar-refractivity contribution in [2.75, 3.05) is 17.2 Å². The van der Waals surface area contributed by atoms with Crippen molar-refractivity contribution >= 4 is 28.0 Å². The average molecular weight is 564 g/mol. The molecule has 5 rings (SSSR count). The van der Waals surface area contributed by atoms with Gasteiger partial charge in [-0.1, -0.05) is 37.6 Å². The number of hydrogen-bond donors (Lipinski definition) is 2. The summed E-state index contributed by atoms with van der Waals surface area (Å²) in [6, 6.07) is 14.5. The Kier molecular flexibility index (Phi) is 7.76. The van der Waals surface area contributed by atoms with Gasteiger partial charge in [0.25, 0.3) is 0 Å². The maximum absolute atomic E-state index is 15.9. The van der Waals surface area contributed by atoms with Crippen LogP contribution in [-0.2, 0) is 0 Å². The quantitative estimate of drug-likeness (QED) is 0.145. The van der Waals surface area contributed by atoms with Gasteiger partial charge in [-0.15, -0.1) is 0 Å². The number of benzene rings is 4. The van der Waals surface area contributed by atoms with Gasteiger partial charge in [0.2, 0.25) is 0 Å². The van der Waals surface area contributed by atoms with Gasteiger partial charge in [-0.05, 0) is 80.3 Å². The number of fused-ring (bicyclic) bond motifs is 1. The van der Waals surface area contributed by atoms with Crippen molar-refractivity contribution in [3.8, 4) is 16.9 Å². The molecule has 3 nitrogen and oxygen atoms in total. The average Bonchev–Trinajstić information content (AvgIpc) is 3.24. The largest absolute Gasteiger partial charge is 0.383 e. The Balaban J connectivity index is 1.91. The van der Waals surface area contributed by atoms with Crippen molar-refractivity contribution in [1.82, 2.24) is 4.57 Å². The molecule has 1 heterocycles. The lowest BCUT2D eigenvalue weighted by Gasteiger charge is -2.20. The zero-order valence-corrected chi connectivity index (χ0v) is 23.2. The molecule has 0 saturated carbocycles. The highest BCUT2D eigenvalue weighted by Crippen LogP contribution is 2.46. The number of halogens is 5. The molecule has 0 aliphatic carbocycles. The van der Waals surface area contributed by atoms with E-state index in [1.807, 2.05) is 6.92 Å². The third-order valence-electron chi connectivity index (χ3n) is 7.17. The van der Waals surface area contributed by atoms with Crippen LogP contribution in [0.2, 0.25) is 0 Å². The molecule has 0 bridgehead atoms. The van der Waals surface area contributed by atoms with E-state index in [9.17, 15) is 8.78 Å². The summed E-state index contributed by atoms with van der Waals surface area (Å²) >= 11 is 0. The van der Waals surface area contributed by atoms with E-state index in [1.54, 1.807) is 45.0 Å². The Labute approximate surface area is 235 Å². The van der Waals surface area contributed by atoms with E-state index in [0.717, 1.165) is 18.9 Å². The second-order valence-corrected chi connectivity index (χ2v) is 10.3. The molecular weight excluding hydrogens is 533 g/mol. The van der Waals surface area contributed by atoms with Crippen LogP contribution in [0.1, 0.15) is 36.5 Å². The molecule has 0 saturated heterocycles. The third-order valence-corrected chi connectivity index (χ3v) is 7.17. The highest BCUT2D eigenvalue weighted by Gasteiger charge is 2.28. The van der Waals surface area contributed by atoms with Crippen LogP contribution >= 0.6 is 0 Å². The predicted octanol–water partition coefficient (Wildman–Crippen LogP) is 9.87. The molecule has 0 unspecified atom stereocenters. The molecule has 0 amide bonds. The van der Waals surface area contributed by atoms with E-state index in [-0.39, 0.29) is 39.4 Å². The molecule has 4 aromatic carbocycles. The van der Waals surface area contributed by atoms with Crippen LogP contribution in [0.4, 0.5) is 39.0 Å². The standard InChI is InChI=1S/C33H30F5N3/c1-5-6-15-39-31-22-11-12-23(34)29(38)32(22)41(27-14-8-19(3)17-25(27)36)33(31)21-10-9-20(4)28(37)30(21)40-26-13-7-18(2)16-24(26)35/h7-14,16-17,39-40H,5-6,15H2,1-4H3. The SMILES string of the molecule is CCCCNc1c(-c2ccc(C)c(F)c2Nc2ccc(C)cc2F)n(-c2ccc(C)cc2F)c2c(F)c(F)ccc12. The fraction of sp³-hybridized carbons (Fsp3) is 0.212. The fourth-order valence-corrected chi connectivity index (χ4v) is 5.03. The van der Waals surface area contributed by atoms with Gasteiger partial charge in [-0.2, -0.15) is 0 Å². The monoisotopic (exact) mass is 563 g/mol. The van der Waals surface area contributed by atoms with E-state index < -0.39 is 29.1 Å². The second-order valence-electron chi connectivity index (χ2n) is 10.3. The van der Waals surface area contributed by atoms with Crippen molar-refractivity contribution in [3.05, 3.63) is 106 Å². The summed E-state index contributed by atoms with van der Waals surface area (Å²) < 4.78 is 78.1. The maximum Gasteiger partial charge on any atom is 0.183 e. The number of nitrogens with one attached hydrogen (secondary N) is 2. The number of hydrogen-bond acceptors (Lipinski definition) is 2.